The molecule has 0 spiro atoms. The number of phenols is 1. The molecule has 2 aliphatic heterocycles. The second-order valence-corrected chi connectivity index (χ2v) is 16.1. The van der Waals surface area contributed by atoms with Gasteiger partial charge in [-0.3, -0.25) is 19.1 Å². The van der Waals surface area contributed by atoms with Crippen molar-refractivity contribution in [2.75, 3.05) is 6.54 Å². The molecule has 1 saturated heterocycles. The Bertz CT molecular complexity index is 1740. The summed E-state index contributed by atoms with van der Waals surface area (Å²) < 4.78 is 40.2. The third kappa shape index (κ3) is 7.03. The number of nitrogens with two attached hydrogens (primary N) is 1. The minimum absolute atomic E-state index is 0.0794. The van der Waals surface area contributed by atoms with Crippen LogP contribution >= 0.6 is 0 Å². The molecular formula is C35H46N4O8S. The number of carbonyl (C=O) groups excluding carboxylic acids is 3. The standard InChI is InChI=1S/C35H46N4O8S/c1-20(2)46-31-16-30(25-13-14-28(40)21(3)32(25)37-31)47-23-15-27-29(41)18-35(34(43)38-48(44,45)24-11-12-24)17-22(35)9-7-5-4-6-8-10-26(36)33(42)39(27)19-23/h7,9,13-14,16,20,22-24,26-27,40H,4-6,8,10-12,15,17-19,36H2,1-3H3,(H,38,43)/b9-7-/t22-,23+,26-,27-,35+/m0/s1. The van der Waals surface area contributed by atoms with Gasteiger partial charge in [0.05, 0.1) is 40.9 Å². The number of aryl methyl sites for hydroxylation is 1. The second-order valence-electron chi connectivity index (χ2n) is 14.2. The van der Waals surface area contributed by atoms with Gasteiger partial charge in [0, 0.05) is 29.9 Å². The summed E-state index contributed by atoms with van der Waals surface area (Å²) in [6.45, 7) is 5.60. The van der Waals surface area contributed by atoms with Crippen LogP contribution in [0, 0.1) is 18.3 Å². The Hall–Kier alpha value is -3.71. The lowest BCUT2D eigenvalue weighted by Gasteiger charge is -2.27. The van der Waals surface area contributed by atoms with E-state index in [1.54, 1.807) is 25.1 Å². The molecule has 48 heavy (non-hydrogen) atoms. The first-order valence-electron chi connectivity index (χ1n) is 17.1. The van der Waals surface area contributed by atoms with Gasteiger partial charge in [-0.2, -0.15) is 0 Å². The van der Waals surface area contributed by atoms with Gasteiger partial charge in [-0.15, -0.1) is 0 Å². The summed E-state index contributed by atoms with van der Waals surface area (Å²) in [5.41, 5.74) is 6.27. The summed E-state index contributed by atoms with van der Waals surface area (Å²) in [5.74, 6) is -0.774. The van der Waals surface area contributed by atoms with Crippen LogP contribution in [0.25, 0.3) is 10.9 Å². The smallest absolute Gasteiger partial charge is 0.240 e. The average molecular weight is 683 g/mol. The third-order valence-corrected chi connectivity index (χ3v) is 11.9. The van der Waals surface area contributed by atoms with E-state index in [9.17, 15) is 27.9 Å². The van der Waals surface area contributed by atoms with Gasteiger partial charge in [0.25, 0.3) is 0 Å². The van der Waals surface area contributed by atoms with Gasteiger partial charge < -0.3 is 25.2 Å². The van der Waals surface area contributed by atoms with Crippen LogP contribution in [0.2, 0.25) is 0 Å². The van der Waals surface area contributed by atoms with Crippen molar-refractivity contribution in [3.63, 3.8) is 0 Å². The van der Waals surface area contributed by atoms with Crippen LogP contribution in [-0.4, -0.2) is 77.1 Å². The first-order valence-corrected chi connectivity index (χ1v) is 18.6. The molecular weight excluding hydrogens is 636 g/mol. The number of aromatic nitrogens is 1. The van der Waals surface area contributed by atoms with Gasteiger partial charge in [0.2, 0.25) is 27.7 Å². The molecule has 260 valence electrons. The Morgan fingerprint density at radius 1 is 1.17 bits per heavy atom. The maximum Gasteiger partial charge on any atom is 0.240 e. The van der Waals surface area contributed by atoms with Gasteiger partial charge in [0.1, 0.15) is 17.6 Å². The Kier molecular flexibility index (Phi) is 9.47. The maximum absolute atomic E-state index is 14.2. The second kappa shape index (κ2) is 13.3. The number of hydrogen-bond acceptors (Lipinski definition) is 10. The predicted octanol–water partition coefficient (Wildman–Crippen LogP) is 3.81. The molecule has 2 saturated carbocycles. The molecule has 12 nitrogen and oxygen atoms in total. The minimum atomic E-state index is -3.81. The van der Waals surface area contributed by atoms with Gasteiger partial charge in [-0.25, -0.2) is 13.4 Å². The molecule has 3 fully saturated rings. The van der Waals surface area contributed by atoms with Crippen LogP contribution in [-0.2, 0) is 24.4 Å². The number of sulfonamides is 1. The van der Waals surface area contributed by atoms with Gasteiger partial charge in [-0.05, 0) is 77.3 Å². The van der Waals surface area contributed by atoms with Crippen LogP contribution in [0.5, 0.6) is 17.4 Å². The molecule has 0 unspecified atom stereocenters. The van der Waals surface area contributed by atoms with E-state index in [2.05, 4.69) is 9.71 Å². The topological polar surface area (TPSA) is 178 Å². The number of rotatable bonds is 7. The molecule has 5 atom stereocenters. The van der Waals surface area contributed by atoms with E-state index in [-0.39, 0.29) is 48.8 Å². The molecule has 4 aliphatic rings. The third-order valence-electron chi connectivity index (χ3n) is 10.1. The van der Waals surface area contributed by atoms with Crippen LogP contribution in [0.4, 0.5) is 0 Å². The summed E-state index contributed by atoms with van der Waals surface area (Å²) in [6, 6.07) is 3.24. The monoisotopic (exact) mass is 682 g/mol. The summed E-state index contributed by atoms with van der Waals surface area (Å²) in [7, 11) is -3.81. The van der Waals surface area contributed by atoms with Crippen LogP contribution in [0.3, 0.4) is 0 Å². The lowest BCUT2D eigenvalue weighted by molar-refractivity contribution is -0.140. The lowest BCUT2D eigenvalue weighted by atomic mass is 9.91. The van der Waals surface area contributed by atoms with Gasteiger partial charge in [0.15, 0.2) is 5.78 Å². The van der Waals surface area contributed by atoms with Crippen molar-refractivity contribution in [1.82, 2.24) is 14.6 Å². The predicted molar refractivity (Wildman–Crippen MR) is 179 cm³/mol. The fourth-order valence-corrected chi connectivity index (χ4v) is 8.41. The molecule has 2 aromatic rings. The Morgan fingerprint density at radius 3 is 2.67 bits per heavy atom. The van der Waals surface area contributed by atoms with E-state index >= 15 is 0 Å². The summed E-state index contributed by atoms with van der Waals surface area (Å²) in [4.78, 5) is 47.7. The van der Waals surface area contributed by atoms with E-state index in [0.29, 0.717) is 53.8 Å². The SMILES string of the molecule is Cc1c(O)ccc2c(O[C@@H]3C[C@H]4C(=O)C[C@]5(C(=O)NS(=O)(=O)C6CC6)C[C@@H]5/C=C\CCCCC[C@H](N)C(=O)N4C3)cc(OC(C)C)nc12. The summed E-state index contributed by atoms with van der Waals surface area (Å²) in [5, 5.41) is 10.4. The normalized spacial score (nSPS) is 29.1. The van der Waals surface area contributed by atoms with Crippen molar-refractivity contribution in [3.05, 3.63) is 35.9 Å². The molecule has 4 N–H and O–H groups in total. The fraction of sp³-hybridized carbons (Fsp3) is 0.600. The van der Waals surface area contributed by atoms with Crippen molar-refractivity contribution >= 4 is 38.5 Å². The molecule has 2 amide bonds. The number of pyridine rings is 1. The average Bonchev–Trinajstić information content (AvgIpc) is 3.95. The number of ether oxygens (including phenoxy) is 2. The molecule has 1 aromatic carbocycles. The number of phenolic OH excluding ortho intramolecular Hbond substituents is 1. The lowest BCUT2D eigenvalue weighted by Crippen LogP contribution is -2.49. The molecule has 0 radical (unpaired) electrons. The van der Waals surface area contributed by atoms with Gasteiger partial charge >= 0.3 is 0 Å². The van der Waals surface area contributed by atoms with Crippen LogP contribution < -0.4 is 19.9 Å². The molecule has 2 aliphatic carbocycles. The number of carbonyl (C=O) groups is 3. The van der Waals surface area contributed by atoms with Crippen molar-refractivity contribution in [3.8, 4) is 17.4 Å². The quantitative estimate of drug-likeness (QED) is 0.364. The first kappa shape index (κ1) is 34.2. The zero-order valence-electron chi connectivity index (χ0n) is 27.8. The zero-order chi connectivity index (χ0) is 34.4. The number of nitrogens with one attached hydrogen (secondary N) is 1. The number of aromatic hydroxyl groups is 1. The molecule has 6 rings (SSSR count). The van der Waals surface area contributed by atoms with E-state index < -0.39 is 44.8 Å². The number of Topliss-reactive ketones (excluding diaryl/α,β-unsaturated/α-hetero) is 1. The Morgan fingerprint density at radius 2 is 1.94 bits per heavy atom. The van der Waals surface area contributed by atoms with Crippen molar-refractivity contribution in [2.24, 2.45) is 17.1 Å². The number of amides is 2. The number of hydrogen-bond donors (Lipinski definition) is 3. The van der Waals surface area contributed by atoms with Crippen molar-refractivity contribution in [1.29, 1.82) is 0 Å². The number of ketones is 1. The number of allylic oxidation sites excluding steroid dienone is 2. The van der Waals surface area contributed by atoms with E-state index in [4.69, 9.17) is 15.2 Å². The zero-order valence-corrected chi connectivity index (χ0v) is 28.6. The number of nitrogens with zero attached hydrogens (tertiary/aromatic N) is 2. The summed E-state index contributed by atoms with van der Waals surface area (Å²) >= 11 is 0. The Labute approximate surface area is 281 Å². The van der Waals surface area contributed by atoms with Crippen LogP contribution in [0.1, 0.15) is 83.6 Å². The van der Waals surface area contributed by atoms with Crippen molar-refractivity contribution < 1.29 is 37.4 Å². The Balaban J connectivity index is 1.30. The molecule has 1 aromatic heterocycles. The highest BCUT2D eigenvalue weighted by Gasteiger charge is 2.61. The van der Waals surface area contributed by atoms with E-state index in [0.717, 1.165) is 25.7 Å². The number of fused-ring (bicyclic) bond motifs is 3. The van der Waals surface area contributed by atoms with E-state index in [1.807, 2.05) is 26.0 Å². The highest BCUT2D eigenvalue weighted by Crippen LogP contribution is 2.57. The van der Waals surface area contributed by atoms with Crippen LogP contribution in [0.15, 0.2) is 30.4 Å². The molecule has 3 heterocycles. The minimum Gasteiger partial charge on any atom is -0.508 e. The number of benzene rings is 1. The molecule has 0 bridgehead atoms. The maximum atomic E-state index is 14.2. The van der Waals surface area contributed by atoms with E-state index in [1.165, 1.54) is 4.90 Å². The summed E-state index contributed by atoms with van der Waals surface area (Å²) in [6.07, 6.45) is 8.30. The van der Waals surface area contributed by atoms with Crippen molar-refractivity contribution in [2.45, 2.75) is 115 Å². The highest BCUT2D eigenvalue weighted by atomic mass is 32.2. The van der Waals surface area contributed by atoms with Gasteiger partial charge in [-0.1, -0.05) is 25.0 Å². The highest BCUT2D eigenvalue weighted by molar-refractivity contribution is 7.90. The first-order chi connectivity index (χ1) is 22.8. The fourth-order valence-electron chi connectivity index (χ4n) is 7.03. The largest absolute Gasteiger partial charge is 0.508 e. The molecule has 13 heteroatoms.